The number of ether oxygens (including phenoxy) is 1. The van der Waals surface area contributed by atoms with Crippen molar-refractivity contribution in [3.8, 4) is 5.75 Å². The van der Waals surface area contributed by atoms with Gasteiger partial charge >= 0.3 is 11.9 Å². The maximum Gasteiger partial charge on any atom is 0.404 e. The predicted molar refractivity (Wildman–Crippen MR) is 139 cm³/mol. The Morgan fingerprint density at radius 2 is 1.70 bits per heavy atom. The Bertz CT molecular complexity index is 1360. The summed E-state index contributed by atoms with van der Waals surface area (Å²) in [5.41, 5.74) is 7.65. The number of halogens is 1. The highest BCUT2D eigenvalue weighted by molar-refractivity contribution is 6.45. The van der Waals surface area contributed by atoms with Crippen molar-refractivity contribution < 1.29 is 33.4 Å². The van der Waals surface area contributed by atoms with Crippen molar-refractivity contribution in [2.45, 2.75) is 40.7 Å². The standard InChI is InChI=1S/C27H30ClN3O6/c1-5-20-25(26(34)27(29)35)24-21(30(20)15-18-10-8-11-19(28)14-18)12-9-13-22(24)36-16-23(33)37-31(6-2,7-3)17(4)32/h8-14H,5-7,15-16H2,1-4H3,(H-,29,35)/p+1. The summed E-state index contributed by atoms with van der Waals surface area (Å²) in [5.74, 6) is -2.78. The Hall–Kier alpha value is -3.69. The lowest BCUT2D eigenvalue weighted by Crippen LogP contribution is -2.53. The van der Waals surface area contributed by atoms with E-state index in [4.69, 9.17) is 26.9 Å². The summed E-state index contributed by atoms with van der Waals surface area (Å²) in [6.07, 6.45) is 0.427. The number of primary amides is 1. The van der Waals surface area contributed by atoms with Crippen LogP contribution >= 0.6 is 11.6 Å². The number of fused-ring (bicyclic) bond motifs is 1. The third-order valence-corrected chi connectivity index (χ3v) is 6.63. The van der Waals surface area contributed by atoms with Crippen LogP contribution in [0.25, 0.3) is 10.9 Å². The first-order chi connectivity index (χ1) is 17.6. The SMILES string of the molecule is CCc1c(C(=O)C(N)=O)c2c(OCC(=O)O[N+](CC)(CC)C(C)=O)cccc2n1Cc1cccc(Cl)c1. The first-order valence-electron chi connectivity index (χ1n) is 12.0. The molecule has 0 bridgehead atoms. The van der Waals surface area contributed by atoms with E-state index in [0.717, 1.165) is 5.56 Å². The monoisotopic (exact) mass is 528 g/mol. The highest BCUT2D eigenvalue weighted by atomic mass is 35.5. The summed E-state index contributed by atoms with van der Waals surface area (Å²) in [7, 11) is 0. The lowest BCUT2D eigenvalue weighted by atomic mass is 10.0. The van der Waals surface area contributed by atoms with Gasteiger partial charge in [0.2, 0.25) is 0 Å². The summed E-state index contributed by atoms with van der Waals surface area (Å²) in [6.45, 7) is 7.15. The van der Waals surface area contributed by atoms with Gasteiger partial charge in [-0.1, -0.05) is 41.4 Å². The Kier molecular flexibility index (Phi) is 8.73. The number of carbonyl (C=O) groups excluding carboxylic acids is 4. The maximum absolute atomic E-state index is 13.0. The molecular weight excluding hydrogens is 498 g/mol. The lowest BCUT2D eigenvalue weighted by Gasteiger charge is -2.28. The quantitative estimate of drug-likeness (QED) is 0.185. The maximum atomic E-state index is 13.0. The van der Waals surface area contributed by atoms with Gasteiger partial charge in [-0.25, -0.2) is 9.59 Å². The largest absolute Gasteiger partial charge is 0.481 e. The van der Waals surface area contributed by atoms with Crippen LogP contribution in [0.4, 0.5) is 0 Å². The molecule has 0 radical (unpaired) electrons. The summed E-state index contributed by atoms with van der Waals surface area (Å²) in [4.78, 5) is 55.2. The Labute approximate surface area is 220 Å². The van der Waals surface area contributed by atoms with Crippen molar-refractivity contribution in [3.63, 3.8) is 0 Å². The summed E-state index contributed by atoms with van der Waals surface area (Å²) < 4.78 is 7.26. The zero-order valence-electron chi connectivity index (χ0n) is 21.4. The molecule has 0 unspecified atom stereocenters. The zero-order chi connectivity index (χ0) is 27.3. The van der Waals surface area contributed by atoms with Crippen molar-refractivity contribution in [2.75, 3.05) is 19.7 Å². The molecule has 3 rings (SSSR count). The number of hydrogen-bond acceptors (Lipinski definition) is 6. The molecular formula is C27H31ClN3O6+. The van der Waals surface area contributed by atoms with Gasteiger partial charge in [-0.05, 0) is 50.1 Å². The molecule has 2 aromatic carbocycles. The summed E-state index contributed by atoms with van der Waals surface area (Å²) >= 11 is 6.17. The molecule has 10 heteroatoms. The van der Waals surface area contributed by atoms with Crippen LogP contribution in [0.2, 0.25) is 5.02 Å². The fourth-order valence-corrected chi connectivity index (χ4v) is 4.71. The number of benzene rings is 2. The second-order valence-corrected chi connectivity index (χ2v) is 8.96. The van der Waals surface area contributed by atoms with Crippen molar-refractivity contribution in [2.24, 2.45) is 5.73 Å². The number of rotatable bonds is 10. The normalized spacial score (nSPS) is 11.4. The molecule has 2 amide bonds. The highest BCUT2D eigenvalue weighted by Crippen LogP contribution is 2.35. The van der Waals surface area contributed by atoms with Gasteiger partial charge in [-0.15, -0.1) is 0 Å². The summed E-state index contributed by atoms with van der Waals surface area (Å²) in [6, 6.07) is 12.4. The van der Waals surface area contributed by atoms with E-state index in [0.29, 0.717) is 34.6 Å². The molecule has 0 fully saturated rings. The number of Topliss-reactive ketones (excluding diaryl/α,β-unsaturated/α-hetero) is 1. The van der Waals surface area contributed by atoms with E-state index in [2.05, 4.69) is 0 Å². The van der Waals surface area contributed by atoms with Gasteiger partial charge in [0.1, 0.15) is 18.8 Å². The highest BCUT2D eigenvalue weighted by Gasteiger charge is 2.36. The number of hydrogen-bond donors (Lipinski definition) is 1. The minimum absolute atomic E-state index is 0.131. The van der Waals surface area contributed by atoms with E-state index >= 15 is 0 Å². The van der Waals surface area contributed by atoms with Crippen molar-refractivity contribution in [1.82, 2.24) is 4.57 Å². The summed E-state index contributed by atoms with van der Waals surface area (Å²) in [5, 5.41) is 0.943. The molecule has 9 nitrogen and oxygen atoms in total. The van der Waals surface area contributed by atoms with E-state index < -0.39 is 28.9 Å². The average Bonchev–Trinajstić information content (AvgIpc) is 3.18. The number of amides is 2. The third-order valence-electron chi connectivity index (χ3n) is 6.39. The molecule has 196 valence electrons. The van der Waals surface area contributed by atoms with Gasteiger partial charge in [0.05, 0.1) is 23.4 Å². The van der Waals surface area contributed by atoms with Gasteiger partial charge < -0.3 is 15.0 Å². The second kappa shape index (κ2) is 11.6. The minimum atomic E-state index is -1.10. The van der Waals surface area contributed by atoms with E-state index in [-0.39, 0.29) is 30.3 Å². The number of nitrogens with zero attached hydrogens (tertiary/aromatic N) is 2. The zero-order valence-corrected chi connectivity index (χ0v) is 22.1. The van der Waals surface area contributed by atoms with Crippen LogP contribution in [-0.2, 0) is 32.2 Å². The Morgan fingerprint density at radius 3 is 2.27 bits per heavy atom. The van der Waals surface area contributed by atoms with Crippen LogP contribution < -0.4 is 10.5 Å². The first kappa shape index (κ1) is 27.9. The van der Waals surface area contributed by atoms with E-state index in [1.165, 1.54) is 6.92 Å². The molecule has 2 N–H and O–H groups in total. The molecule has 0 atom stereocenters. The van der Waals surface area contributed by atoms with Crippen LogP contribution in [0.3, 0.4) is 0 Å². The topological polar surface area (TPSA) is 118 Å². The van der Waals surface area contributed by atoms with Crippen molar-refractivity contribution in [1.29, 1.82) is 0 Å². The molecule has 0 spiro atoms. The molecule has 1 heterocycles. The minimum Gasteiger partial charge on any atom is -0.481 e. The molecule has 1 aromatic heterocycles. The number of quaternary nitrogens is 1. The molecule has 0 aliphatic rings. The molecule has 0 saturated carbocycles. The lowest BCUT2D eigenvalue weighted by molar-refractivity contribution is -1.02. The van der Waals surface area contributed by atoms with Gasteiger partial charge in [-0.2, -0.15) is 0 Å². The smallest absolute Gasteiger partial charge is 0.404 e. The third kappa shape index (κ3) is 5.68. The Morgan fingerprint density at radius 1 is 1.03 bits per heavy atom. The van der Waals surface area contributed by atoms with Gasteiger partial charge in [0, 0.05) is 17.3 Å². The predicted octanol–water partition coefficient (Wildman–Crippen LogP) is 3.81. The van der Waals surface area contributed by atoms with Crippen LogP contribution in [0.1, 0.15) is 49.3 Å². The molecule has 37 heavy (non-hydrogen) atoms. The van der Waals surface area contributed by atoms with E-state index in [1.54, 1.807) is 38.1 Å². The van der Waals surface area contributed by atoms with E-state index in [9.17, 15) is 19.2 Å². The average molecular weight is 529 g/mol. The van der Waals surface area contributed by atoms with Crippen LogP contribution in [-0.4, -0.2) is 52.5 Å². The number of ketones is 1. The number of aromatic nitrogens is 1. The van der Waals surface area contributed by atoms with Crippen molar-refractivity contribution >= 4 is 46.1 Å². The number of carbonyl (C=O) groups is 4. The Balaban J connectivity index is 2.07. The number of nitrogens with two attached hydrogens (primary N) is 1. The van der Waals surface area contributed by atoms with Gasteiger partial charge in [0.25, 0.3) is 11.7 Å². The molecule has 0 aliphatic heterocycles. The fraction of sp³-hybridized carbons (Fsp3) is 0.333. The fourth-order valence-electron chi connectivity index (χ4n) is 4.49. The second-order valence-electron chi connectivity index (χ2n) is 8.53. The van der Waals surface area contributed by atoms with Crippen LogP contribution in [0.5, 0.6) is 5.75 Å². The number of hydroxylamine groups is 3. The van der Waals surface area contributed by atoms with Crippen molar-refractivity contribution in [3.05, 3.63) is 64.3 Å². The molecule has 0 aliphatic carbocycles. The van der Waals surface area contributed by atoms with Crippen LogP contribution in [0.15, 0.2) is 42.5 Å². The molecule has 3 aromatic rings. The van der Waals surface area contributed by atoms with E-state index in [1.807, 2.05) is 29.7 Å². The van der Waals surface area contributed by atoms with Crippen LogP contribution in [0, 0.1) is 0 Å². The van der Waals surface area contributed by atoms with Gasteiger partial charge in [-0.3, -0.25) is 14.4 Å². The van der Waals surface area contributed by atoms with Gasteiger partial charge in [0.15, 0.2) is 6.61 Å². The molecule has 0 saturated heterocycles. The first-order valence-corrected chi connectivity index (χ1v) is 12.4.